The van der Waals surface area contributed by atoms with Crippen LogP contribution < -0.4 is 4.90 Å². The molecule has 0 saturated carbocycles. The molecule has 1 N–H and O–H groups in total. The smallest absolute Gasteiger partial charge is 0.129 e. The summed E-state index contributed by atoms with van der Waals surface area (Å²) in [6.07, 6.45) is 4.24. The van der Waals surface area contributed by atoms with Gasteiger partial charge >= 0.3 is 0 Å². The molecule has 1 aliphatic heterocycles. The van der Waals surface area contributed by atoms with Gasteiger partial charge in [-0.1, -0.05) is 6.92 Å². The van der Waals surface area contributed by atoms with Crippen LogP contribution in [0.3, 0.4) is 0 Å². The van der Waals surface area contributed by atoms with Crippen molar-refractivity contribution >= 4 is 5.82 Å². The van der Waals surface area contributed by atoms with E-state index < -0.39 is 0 Å². The van der Waals surface area contributed by atoms with Gasteiger partial charge in [-0.15, -0.1) is 0 Å². The van der Waals surface area contributed by atoms with Crippen molar-refractivity contribution in [2.75, 3.05) is 11.4 Å². The van der Waals surface area contributed by atoms with Gasteiger partial charge in [0.1, 0.15) is 5.82 Å². The van der Waals surface area contributed by atoms with Gasteiger partial charge in [0.05, 0.1) is 6.61 Å². The van der Waals surface area contributed by atoms with Crippen LogP contribution in [0.15, 0.2) is 18.3 Å². The molecule has 1 aliphatic rings. The highest BCUT2D eigenvalue weighted by molar-refractivity contribution is 5.42. The number of pyridine rings is 1. The zero-order valence-corrected chi connectivity index (χ0v) is 10.1. The zero-order valence-electron chi connectivity index (χ0n) is 10.1. The van der Waals surface area contributed by atoms with Gasteiger partial charge in [0.15, 0.2) is 0 Å². The fourth-order valence-corrected chi connectivity index (χ4v) is 2.46. The molecule has 1 fully saturated rings. The number of hydrogen-bond acceptors (Lipinski definition) is 3. The molecule has 0 spiro atoms. The van der Waals surface area contributed by atoms with Crippen molar-refractivity contribution in [3.63, 3.8) is 0 Å². The van der Waals surface area contributed by atoms with Gasteiger partial charge in [-0.3, -0.25) is 0 Å². The molecule has 3 nitrogen and oxygen atoms in total. The molecule has 2 rings (SSSR count). The Hall–Kier alpha value is -1.09. The van der Waals surface area contributed by atoms with Gasteiger partial charge in [-0.05, 0) is 43.4 Å². The normalized spacial score (nSPS) is 25.8. The van der Waals surface area contributed by atoms with E-state index in [2.05, 4.69) is 23.7 Å². The van der Waals surface area contributed by atoms with Crippen molar-refractivity contribution in [3.8, 4) is 0 Å². The number of hydrogen-bond donors (Lipinski definition) is 1. The van der Waals surface area contributed by atoms with Crippen molar-refractivity contribution in [1.82, 2.24) is 4.98 Å². The van der Waals surface area contributed by atoms with Crippen molar-refractivity contribution in [2.24, 2.45) is 5.92 Å². The minimum Gasteiger partial charge on any atom is -0.392 e. The standard InChI is InChI=1S/C13H20N2O/c1-10-4-6-15(11(2)7-10)13-8-12(9-16)3-5-14-13/h3,5,8,10-11,16H,4,6-7,9H2,1-2H3. The third kappa shape index (κ3) is 2.35. The predicted molar refractivity (Wildman–Crippen MR) is 65.4 cm³/mol. The van der Waals surface area contributed by atoms with E-state index in [9.17, 15) is 0 Å². The van der Waals surface area contributed by atoms with E-state index >= 15 is 0 Å². The van der Waals surface area contributed by atoms with Crippen LogP contribution in [0.5, 0.6) is 0 Å². The second kappa shape index (κ2) is 4.83. The van der Waals surface area contributed by atoms with Crippen LogP contribution >= 0.6 is 0 Å². The summed E-state index contributed by atoms with van der Waals surface area (Å²) >= 11 is 0. The number of nitrogens with zero attached hydrogens (tertiary/aromatic N) is 2. The van der Waals surface area contributed by atoms with E-state index in [1.165, 1.54) is 12.8 Å². The average molecular weight is 220 g/mol. The van der Waals surface area contributed by atoms with Crippen molar-refractivity contribution in [3.05, 3.63) is 23.9 Å². The Labute approximate surface area is 97.1 Å². The Morgan fingerprint density at radius 2 is 2.31 bits per heavy atom. The summed E-state index contributed by atoms with van der Waals surface area (Å²) in [5.41, 5.74) is 0.941. The second-order valence-electron chi connectivity index (χ2n) is 4.85. The molecule has 2 heterocycles. The predicted octanol–water partition coefficient (Wildman–Crippen LogP) is 2.20. The Morgan fingerprint density at radius 1 is 1.50 bits per heavy atom. The molecular formula is C13H20N2O. The maximum Gasteiger partial charge on any atom is 0.129 e. The summed E-state index contributed by atoms with van der Waals surface area (Å²) in [6, 6.07) is 4.40. The molecule has 2 atom stereocenters. The van der Waals surface area contributed by atoms with Crippen LogP contribution in [0.25, 0.3) is 0 Å². The number of anilines is 1. The number of piperidine rings is 1. The minimum atomic E-state index is 0.0914. The molecule has 1 aromatic heterocycles. The molecular weight excluding hydrogens is 200 g/mol. The van der Waals surface area contributed by atoms with Crippen molar-refractivity contribution < 1.29 is 5.11 Å². The van der Waals surface area contributed by atoms with E-state index in [0.29, 0.717) is 6.04 Å². The molecule has 1 saturated heterocycles. The lowest BCUT2D eigenvalue weighted by molar-refractivity contribution is 0.281. The summed E-state index contributed by atoms with van der Waals surface area (Å²) in [6.45, 7) is 5.73. The Kier molecular flexibility index (Phi) is 3.44. The summed E-state index contributed by atoms with van der Waals surface area (Å²) in [5.74, 6) is 1.82. The van der Waals surface area contributed by atoms with E-state index in [-0.39, 0.29) is 6.61 Å². The van der Waals surface area contributed by atoms with E-state index in [4.69, 9.17) is 5.11 Å². The molecule has 16 heavy (non-hydrogen) atoms. The number of aliphatic hydroxyl groups excluding tert-OH is 1. The second-order valence-corrected chi connectivity index (χ2v) is 4.85. The van der Waals surface area contributed by atoms with Crippen LogP contribution in [0.1, 0.15) is 32.3 Å². The molecule has 0 radical (unpaired) electrons. The van der Waals surface area contributed by atoms with Crippen LogP contribution in [0.4, 0.5) is 5.82 Å². The van der Waals surface area contributed by atoms with Crippen molar-refractivity contribution in [1.29, 1.82) is 0 Å². The van der Waals surface area contributed by atoms with Gasteiger partial charge in [-0.25, -0.2) is 4.98 Å². The fourth-order valence-electron chi connectivity index (χ4n) is 2.46. The van der Waals surface area contributed by atoms with E-state index in [0.717, 1.165) is 23.8 Å². The van der Waals surface area contributed by atoms with Gasteiger partial charge in [-0.2, -0.15) is 0 Å². The lowest BCUT2D eigenvalue weighted by atomic mass is 9.93. The highest BCUT2D eigenvalue weighted by Crippen LogP contribution is 2.26. The highest BCUT2D eigenvalue weighted by atomic mass is 16.3. The molecule has 3 heteroatoms. The summed E-state index contributed by atoms with van der Waals surface area (Å²) in [5, 5.41) is 9.12. The maximum atomic E-state index is 9.12. The SMILES string of the molecule is CC1CCN(c2cc(CO)ccn2)C(C)C1. The van der Waals surface area contributed by atoms with Crippen LogP contribution in [-0.2, 0) is 6.61 Å². The van der Waals surface area contributed by atoms with Crippen molar-refractivity contribution in [2.45, 2.75) is 39.3 Å². The first kappa shape index (κ1) is 11.4. The number of aliphatic hydroxyl groups is 1. The van der Waals surface area contributed by atoms with Gasteiger partial charge in [0, 0.05) is 18.8 Å². The monoisotopic (exact) mass is 220 g/mol. The average Bonchev–Trinajstić information content (AvgIpc) is 2.29. The zero-order chi connectivity index (χ0) is 11.5. The van der Waals surface area contributed by atoms with Crippen LogP contribution in [0.2, 0.25) is 0 Å². The summed E-state index contributed by atoms with van der Waals surface area (Å²) < 4.78 is 0. The third-order valence-electron chi connectivity index (χ3n) is 3.43. The molecule has 1 aromatic rings. The van der Waals surface area contributed by atoms with Gasteiger partial charge in [0.25, 0.3) is 0 Å². The molecule has 2 unspecified atom stereocenters. The fraction of sp³-hybridized carbons (Fsp3) is 0.615. The first-order valence-corrected chi connectivity index (χ1v) is 6.03. The third-order valence-corrected chi connectivity index (χ3v) is 3.43. The molecule has 0 bridgehead atoms. The highest BCUT2D eigenvalue weighted by Gasteiger charge is 2.23. The summed E-state index contributed by atoms with van der Waals surface area (Å²) in [4.78, 5) is 6.75. The molecule has 88 valence electrons. The first-order chi connectivity index (χ1) is 7.70. The number of aromatic nitrogens is 1. The van der Waals surface area contributed by atoms with Crippen LogP contribution in [0, 0.1) is 5.92 Å². The maximum absolute atomic E-state index is 9.12. The Balaban J connectivity index is 2.16. The van der Waals surface area contributed by atoms with Gasteiger partial charge in [0.2, 0.25) is 0 Å². The Morgan fingerprint density at radius 3 is 3.00 bits per heavy atom. The largest absolute Gasteiger partial charge is 0.392 e. The molecule has 0 amide bonds. The quantitative estimate of drug-likeness (QED) is 0.830. The molecule has 0 aliphatic carbocycles. The molecule has 0 aromatic carbocycles. The number of rotatable bonds is 2. The van der Waals surface area contributed by atoms with Crippen LogP contribution in [-0.4, -0.2) is 22.7 Å². The van der Waals surface area contributed by atoms with E-state index in [1.807, 2.05) is 12.1 Å². The first-order valence-electron chi connectivity index (χ1n) is 6.03. The minimum absolute atomic E-state index is 0.0914. The van der Waals surface area contributed by atoms with Gasteiger partial charge < -0.3 is 10.0 Å². The topological polar surface area (TPSA) is 36.4 Å². The Bertz CT molecular complexity index is 354. The summed E-state index contributed by atoms with van der Waals surface area (Å²) in [7, 11) is 0. The van der Waals surface area contributed by atoms with E-state index in [1.54, 1.807) is 6.20 Å². The lowest BCUT2D eigenvalue weighted by Gasteiger charge is -2.37. The lowest BCUT2D eigenvalue weighted by Crippen LogP contribution is -2.40.